The Balaban J connectivity index is 1.90. The summed E-state index contributed by atoms with van der Waals surface area (Å²) in [5.41, 5.74) is 3.51. The number of hydrogen-bond donors (Lipinski definition) is 1. The van der Waals surface area contributed by atoms with Gasteiger partial charge in [-0.15, -0.1) is 0 Å². The number of fused-ring (bicyclic) bond motifs is 1. The van der Waals surface area contributed by atoms with Crippen molar-refractivity contribution in [3.8, 4) is 0 Å². The van der Waals surface area contributed by atoms with E-state index in [2.05, 4.69) is 61.3 Å². The smallest absolute Gasteiger partial charge is 0.0938 e. The van der Waals surface area contributed by atoms with E-state index in [0.29, 0.717) is 12.1 Å². The molecule has 1 aromatic heterocycles. The SMILES string of the molecule is Cc1ccc2cccc(N3CCCC(NC(C)C)C3)c2n1. The third-order valence-corrected chi connectivity index (χ3v) is 4.17. The topological polar surface area (TPSA) is 28.2 Å². The van der Waals surface area contributed by atoms with Gasteiger partial charge in [-0.2, -0.15) is 0 Å². The number of hydrogen-bond acceptors (Lipinski definition) is 3. The standard InChI is InChI=1S/C18H25N3/c1-13(2)19-16-7-5-11-21(12-16)17-8-4-6-15-10-9-14(3)20-18(15)17/h4,6,8-10,13,16,19H,5,7,11-12H2,1-3H3. The van der Waals surface area contributed by atoms with Crippen LogP contribution in [0.1, 0.15) is 32.4 Å². The number of nitrogens with zero attached hydrogens (tertiary/aromatic N) is 2. The Hall–Kier alpha value is -1.61. The van der Waals surface area contributed by atoms with Crippen LogP contribution in [0.5, 0.6) is 0 Å². The zero-order valence-electron chi connectivity index (χ0n) is 13.3. The molecule has 1 atom stereocenters. The van der Waals surface area contributed by atoms with Crippen LogP contribution in [0.15, 0.2) is 30.3 Å². The lowest BCUT2D eigenvalue weighted by molar-refractivity contribution is 0.395. The minimum Gasteiger partial charge on any atom is -0.368 e. The molecule has 2 aromatic rings. The molecule has 21 heavy (non-hydrogen) atoms. The molecule has 0 saturated carbocycles. The molecule has 0 amide bonds. The zero-order chi connectivity index (χ0) is 14.8. The van der Waals surface area contributed by atoms with Gasteiger partial charge in [-0.25, -0.2) is 0 Å². The highest BCUT2D eigenvalue weighted by Crippen LogP contribution is 2.28. The molecule has 1 unspecified atom stereocenters. The lowest BCUT2D eigenvalue weighted by Gasteiger charge is -2.36. The number of para-hydroxylation sites is 1. The van der Waals surface area contributed by atoms with Crippen LogP contribution in [0.3, 0.4) is 0 Å². The average Bonchev–Trinajstić information content (AvgIpc) is 2.46. The number of rotatable bonds is 3. The molecule has 1 saturated heterocycles. The van der Waals surface area contributed by atoms with E-state index in [9.17, 15) is 0 Å². The molecule has 3 nitrogen and oxygen atoms in total. The van der Waals surface area contributed by atoms with Gasteiger partial charge in [-0.3, -0.25) is 4.98 Å². The van der Waals surface area contributed by atoms with Gasteiger partial charge in [0.15, 0.2) is 0 Å². The molecule has 1 aliphatic rings. The third-order valence-electron chi connectivity index (χ3n) is 4.17. The van der Waals surface area contributed by atoms with Gasteiger partial charge >= 0.3 is 0 Å². The second kappa shape index (κ2) is 6.02. The predicted octanol–water partition coefficient (Wildman–Crippen LogP) is 3.51. The van der Waals surface area contributed by atoms with Gasteiger partial charge < -0.3 is 10.2 Å². The summed E-state index contributed by atoms with van der Waals surface area (Å²) in [7, 11) is 0. The summed E-state index contributed by atoms with van der Waals surface area (Å²) >= 11 is 0. The molecule has 1 aliphatic heterocycles. The first-order chi connectivity index (χ1) is 10.1. The van der Waals surface area contributed by atoms with Crippen molar-refractivity contribution < 1.29 is 0 Å². The molecular weight excluding hydrogens is 258 g/mol. The van der Waals surface area contributed by atoms with E-state index in [0.717, 1.165) is 24.3 Å². The fourth-order valence-electron chi connectivity index (χ4n) is 3.29. The maximum absolute atomic E-state index is 4.77. The minimum atomic E-state index is 0.544. The molecular formula is C18H25N3. The van der Waals surface area contributed by atoms with E-state index in [1.807, 2.05) is 0 Å². The van der Waals surface area contributed by atoms with Crippen LogP contribution >= 0.6 is 0 Å². The monoisotopic (exact) mass is 283 g/mol. The van der Waals surface area contributed by atoms with Gasteiger partial charge in [0.2, 0.25) is 0 Å². The fourth-order valence-corrected chi connectivity index (χ4v) is 3.29. The number of aryl methyl sites for hydroxylation is 1. The molecule has 1 fully saturated rings. The Kier molecular flexibility index (Phi) is 4.11. The first-order valence-corrected chi connectivity index (χ1v) is 8.01. The van der Waals surface area contributed by atoms with Crippen LogP contribution in [0.25, 0.3) is 10.9 Å². The minimum absolute atomic E-state index is 0.544. The summed E-state index contributed by atoms with van der Waals surface area (Å²) in [5.74, 6) is 0. The molecule has 112 valence electrons. The molecule has 3 rings (SSSR count). The largest absolute Gasteiger partial charge is 0.368 e. The van der Waals surface area contributed by atoms with Crippen LogP contribution in [0.4, 0.5) is 5.69 Å². The maximum atomic E-state index is 4.77. The third kappa shape index (κ3) is 3.18. The molecule has 2 heterocycles. The Morgan fingerprint density at radius 3 is 2.90 bits per heavy atom. The summed E-state index contributed by atoms with van der Waals surface area (Å²) in [5, 5.41) is 4.91. The summed E-state index contributed by atoms with van der Waals surface area (Å²) in [4.78, 5) is 7.27. The Bertz CT molecular complexity index is 621. The number of benzene rings is 1. The summed E-state index contributed by atoms with van der Waals surface area (Å²) < 4.78 is 0. The highest BCUT2D eigenvalue weighted by atomic mass is 15.2. The second-order valence-electron chi connectivity index (χ2n) is 6.41. The van der Waals surface area contributed by atoms with Gasteiger partial charge in [-0.1, -0.05) is 32.0 Å². The molecule has 1 N–H and O–H groups in total. The Labute approximate surface area is 127 Å². The van der Waals surface area contributed by atoms with Crippen molar-refractivity contribution in [3.05, 3.63) is 36.0 Å². The summed E-state index contributed by atoms with van der Waals surface area (Å²) in [6.07, 6.45) is 2.51. The van der Waals surface area contributed by atoms with Gasteiger partial charge in [0.05, 0.1) is 11.2 Å². The normalized spacial score (nSPS) is 19.4. The van der Waals surface area contributed by atoms with Crippen molar-refractivity contribution >= 4 is 16.6 Å². The molecule has 3 heteroatoms. The lowest BCUT2D eigenvalue weighted by atomic mass is 10.0. The number of piperidine rings is 1. The first kappa shape index (κ1) is 14.3. The highest BCUT2D eigenvalue weighted by Gasteiger charge is 2.21. The number of aromatic nitrogens is 1. The van der Waals surface area contributed by atoms with Crippen LogP contribution in [-0.4, -0.2) is 30.2 Å². The maximum Gasteiger partial charge on any atom is 0.0938 e. The molecule has 1 aromatic carbocycles. The predicted molar refractivity (Wildman–Crippen MR) is 90.0 cm³/mol. The Morgan fingerprint density at radius 2 is 2.10 bits per heavy atom. The van der Waals surface area contributed by atoms with Crippen LogP contribution < -0.4 is 10.2 Å². The summed E-state index contributed by atoms with van der Waals surface area (Å²) in [6, 6.07) is 11.9. The van der Waals surface area contributed by atoms with Gasteiger partial charge in [0.1, 0.15) is 0 Å². The number of anilines is 1. The van der Waals surface area contributed by atoms with Crippen molar-refractivity contribution in [3.63, 3.8) is 0 Å². The average molecular weight is 283 g/mol. The van der Waals surface area contributed by atoms with E-state index in [-0.39, 0.29) is 0 Å². The van der Waals surface area contributed by atoms with Crippen molar-refractivity contribution in [1.29, 1.82) is 0 Å². The fraction of sp³-hybridized carbons (Fsp3) is 0.500. The summed E-state index contributed by atoms with van der Waals surface area (Å²) in [6.45, 7) is 8.72. The number of nitrogens with one attached hydrogen (secondary N) is 1. The molecule has 0 radical (unpaired) electrons. The quantitative estimate of drug-likeness (QED) is 0.934. The van der Waals surface area contributed by atoms with E-state index in [1.165, 1.54) is 23.9 Å². The van der Waals surface area contributed by atoms with Gasteiger partial charge in [0.25, 0.3) is 0 Å². The van der Waals surface area contributed by atoms with E-state index < -0.39 is 0 Å². The highest BCUT2D eigenvalue weighted by molar-refractivity contribution is 5.91. The van der Waals surface area contributed by atoms with E-state index in [4.69, 9.17) is 4.98 Å². The first-order valence-electron chi connectivity index (χ1n) is 8.01. The van der Waals surface area contributed by atoms with Crippen LogP contribution in [-0.2, 0) is 0 Å². The van der Waals surface area contributed by atoms with Crippen molar-refractivity contribution in [2.45, 2.75) is 45.7 Å². The van der Waals surface area contributed by atoms with Gasteiger partial charge in [0, 0.05) is 36.3 Å². The zero-order valence-corrected chi connectivity index (χ0v) is 13.3. The number of pyridine rings is 1. The van der Waals surface area contributed by atoms with E-state index >= 15 is 0 Å². The molecule has 0 spiro atoms. The molecule has 0 bridgehead atoms. The van der Waals surface area contributed by atoms with Crippen LogP contribution in [0, 0.1) is 6.92 Å². The van der Waals surface area contributed by atoms with Crippen molar-refractivity contribution in [1.82, 2.24) is 10.3 Å². The second-order valence-corrected chi connectivity index (χ2v) is 6.41. The molecule has 0 aliphatic carbocycles. The van der Waals surface area contributed by atoms with Gasteiger partial charge in [-0.05, 0) is 31.9 Å². The van der Waals surface area contributed by atoms with Crippen molar-refractivity contribution in [2.24, 2.45) is 0 Å². The van der Waals surface area contributed by atoms with E-state index in [1.54, 1.807) is 0 Å². The Morgan fingerprint density at radius 1 is 1.24 bits per heavy atom. The van der Waals surface area contributed by atoms with Crippen molar-refractivity contribution in [2.75, 3.05) is 18.0 Å². The van der Waals surface area contributed by atoms with Crippen LogP contribution in [0.2, 0.25) is 0 Å². The lowest BCUT2D eigenvalue weighted by Crippen LogP contribution is -2.48.